The van der Waals surface area contributed by atoms with Gasteiger partial charge in [0.15, 0.2) is 0 Å². The normalized spacial score (nSPS) is 28.3. The van der Waals surface area contributed by atoms with Crippen LogP contribution in [0.2, 0.25) is 0 Å². The average molecular weight is 302 g/mol. The Bertz CT molecular complexity index is 532. The number of rotatable bonds is 3. The number of fused-ring (bicyclic) bond motifs is 1. The number of hydrogen-bond acceptors (Lipinski definition) is 3. The van der Waals surface area contributed by atoms with Crippen LogP contribution in [0.3, 0.4) is 0 Å². The Kier molecular flexibility index (Phi) is 4.79. The molecule has 120 valence electrons. The number of likely N-dealkylation sites (tertiary alicyclic amines) is 1. The highest BCUT2D eigenvalue weighted by atomic mass is 16.5. The SMILES string of the molecule is C[C@@H]1CCCN(C(=O)C[C@@H]2OCCc3ccccc32)[C@@H]1CN. The predicted octanol–water partition coefficient (Wildman–Crippen LogP) is 2.28. The van der Waals surface area contributed by atoms with Gasteiger partial charge in [0.2, 0.25) is 5.91 Å². The molecule has 1 aromatic carbocycles. The Balaban J connectivity index is 1.72. The Morgan fingerprint density at radius 3 is 3.05 bits per heavy atom. The van der Waals surface area contributed by atoms with Crippen molar-refractivity contribution >= 4 is 5.91 Å². The fourth-order valence-electron chi connectivity index (χ4n) is 3.84. The van der Waals surface area contributed by atoms with Gasteiger partial charge in [-0.1, -0.05) is 31.2 Å². The highest BCUT2D eigenvalue weighted by Crippen LogP contribution is 2.31. The molecule has 1 fully saturated rings. The largest absolute Gasteiger partial charge is 0.373 e. The lowest BCUT2D eigenvalue weighted by Gasteiger charge is -2.40. The van der Waals surface area contributed by atoms with Crippen LogP contribution in [0.4, 0.5) is 0 Å². The molecule has 0 radical (unpaired) electrons. The number of nitrogens with two attached hydrogens (primary N) is 1. The fourth-order valence-corrected chi connectivity index (χ4v) is 3.84. The molecule has 1 saturated heterocycles. The van der Waals surface area contributed by atoms with E-state index >= 15 is 0 Å². The summed E-state index contributed by atoms with van der Waals surface area (Å²) >= 11 is 0. The molecule has 2 heterocycles. The minimum atomic E-state index is -0.104. The molecule has 0 aliphatic carbocycles. The van der Waals surface area contributed by atoms with Crippen LogP contribution >= 0.6 is 0 Å². The summed E-state index contributed by atoms with van der Waals surface area (Å²) in [4.78, 5) is 14.8. The number of amides is 1. The van der Waals surface area contributed by atoms with E-state index in [4.69, 9.17) is 10.5 Å². The van der Waals surface area contributed by atoms with Crippen molar-refractivity contribution in [2.24, 2.45) is 11.7 Å². The summed E-state index contributed by atoms with van der Waals surface area (Å²) in [7, 11) is 0. The molecule has 4 heteroatoms. The molecule has 2 aliphatic rings. The van der Waals surface area contributed by atoms with Gasteiger partial charge in [-0.15, -0.1) is 0 Å². The maximum absolute atomic E-state index is 12.8. The third-order valence-electron chi connectivity index (χ3n) is 5.13. The van der Waals surface area contributed by atoms with Gasteiger partial charge < -0.3 is 15.4 Å². The molecule has 2 N–H and O–H groups in total. The van der Waals surface area contributed by atoms with E-state index in [2.05, 4.69) is 25.1 Å². The van der Waals surface area contributed by atoms with Crippen molar-refractivity contribution < 1.29 is 9.53 Å². The second kappa shape index (κ2) is 6.80. The third kappa shape index (κ3) is 3.03. The van der Waals surface area contributed by atoms with Gasteiger partial charge in [0.05, 0.1) is 19.1 Å². The van der Waals surface area contributed by atoms with E-state index < -0.39 is 0 Å². The molecule has 3 atom stereocenters. The predicted molar refractivity (Wildman–Crippen MR) is 86.4 cm³/mol. The minimum absolute atomic E-state index is 0.104. The second-order valence-electron chi connectivity index (χ2n) is 6.52. The standard InChI is InChI=1S/C18H26N2O2/c1-13-5-4-9-20(16(13)12-19)18(21)11-17-15-7-3-2-6-14(15)8-10-22-17/h2-3,6-7,13,16-17H,4-5,8-12,19H2,1H3/t13-,16-,17+/m1/s1. The van der Waals surface area contributed by atoms with Crippen LogP contribution in [0.15, 0.2) is 24.3 Å². The summed E-state index contributed by atoms with van der Waals surface area (Å²) in [6.07, 6.45) is 3.50. The molecule has 22 heavy (non-hydrogen) atoms. The number of carbonyl (C=O) groups is 1. The van der Waals surface area contributed by atoms with E-state index in [0.29, 0.717) is 25.5 Å². The Hall–Kier alpha value is -1.39. The van der Waals surface area contributed by atoms with E-state index in [1.807, 2.05) is 11.0 Å². The molecule has 0 bridgehead atoms. The molecule has 4 nitrogen and oxygen atoms in total. The van der Waals surface area contributed by atoms with Crippen LogP contribution in [0.1, 0.15) is 43.4 Å². The molecular formula is C18H26N2O2. The monoisotopic (exact) mass is 302 g/mol. The topological polar surface area (TPSA) is 55.6 Å². The summed E-state index contributed by atoms with van der Waals surface area (Å²) in [5, 5.41) is 0. The first-order valence-electron chi connectivity index (χ1n) is 8.39. The molecule has 1 aromatic rings. The Morgan fingerprint density at radius 2 is 2.23 bits per heavy atom. The first kappa shape index (κ1) is 15.5. The van der Waals surface area contributed by atoms with Crippen LogP contribution in [0.25, 0.3) is 0 Å². The van der Waals surface area contributed by atoms with Crippen molar-refractivity contribution in [3.63, 3.8) is 0 Å². The van der Waals surface area contributed by atoms with E-state index in [-0.39, 0.29) is 18.1 Å². The highest BCUT2D eigenvalue weighted by molar-refractivity contribution is 5.77. The van der Waals surface area contributed by atoms with E-state index in [1.165, 1.54) is 11.1 Å². The summed E-state index contributed by atoms with van der Waals surface area (Å²) in [5.74, 6) is 0.672. The van der Waals surface area contributed by atoms with Gasteiger partial charge in [0.1, 0.15) is 0 Å². The lowest BCUT2D eigenvalue weighted by atomic mass is 9.89. The van der Waals surface area contributed by atoms with Gasteiger partial charge in [-0.3, -0.25) is 4.79 Å². The van der Waals surface area contributed by atoms with Gasteiger partial charge in [-0.2, -0.15) is 0 Å². The van der Waals surface area contributed by atoms with Crippen molar-refractivity contribution in [1.29, 1.82) is 0 Å². The molecule has 0 unspecified atom stereocenters. The Labute approximate surface area is 132 Å². The number of hydrogen-bond donors (Lipinski definition) is 1. The fraction of sp³-hybridized carbons (Fsp3) is 0.611. The van der Waals surface area contributed by atoms with Crippen LogP contribution in [-0.4, -0.2) is 36.5 Å². The number of piperidine rings is 1. The van der Waals surface area contributed by atoms with Crippen LogP contribution in [-0.2, 0) is 16.0 Å². The van der Waals surface area contributed by atoms with Crippen molar-refractivity contribution in [3.8, 4) is 0 Å². The lowest BCUT2D eigenvalue weighted by molar-refractivity contribution is -0.139. The van der Waals surface area contributed by atoms with Gasteiger partial charge in [-0.25, -0.2) is 0 Å². The maximum Gasteiger partial charge on any atom is 0.225 e. The molecule has 0 aromatic heterocycles. The van der Waals surface area contributed by atoms with Crippen LogP contribution in [0.5, 0.6) is 0 Å². The number of carbonyl (C=O) groups excluding carboxylic acids is 1. The summed E-state index contributed by atoms with van der Waals surface area (Å²) in [6.45, 7) is 4.28. The first-order chi connectivity index (χ1) is 10.7. The number of nitrogens with zero attached hydrogens (tertiary/aromatic N) is 1. The lowest BCUT2D eigenvalue weighted by Crippen LogP contribution is -2.51. The van der Waals surface area contributed by atoms with Gasteiger partial charge in [-0.05, 0) is 36.3 Å². The van der Waals surface area contributed by atoms with Crippen LogP contribution in [0, 0.1) is 5.92 Å². The quantitative estimate of drug-likeness (QED) is 0.932. The smallest absolute Gasteiger partial charge is 0.225 e. The molecular weight excluding hydrogens is 276 g/mol. The third-order valence-corrected chi connectivity index (χ3v) is 5.13. The minimum Gasteiger partial charge on any atom is -0.373 e. The van der Waals surface area contributed by atoms with E-state index in [0.717, 1.165) is 25.8 Å². The molecule has 3 rings (SSSR count). The van der Waals surface area contributed by atoms with Gasteiger partial charge in [0, 0.05) is 19.1 Å². The molecule has 1 amide bonds. The zero-order chi connectivity index (χ0) is 15.5. The van der Waals surface area contributed by atoms with Crippen molar-refractivity contribution in [1.82, 2.24) is 4.90 Å². The zero-order valence-electron chi connectivity index (χ0n) is 13.3. The Morgan fingerprint density at radius 1 is 1.41 bits per heavy atom. The number of benzene rings is 1. The molecule has 0 saturated carbocycles. The highest BCUT2D eigenvalue weighted by Gasteiger charge is 2.33. The van der Waals surface area contributed by atoms with Gasteiger partial charge in [0.25, 0.3) is 0 Å². The maximum atomic E-state index is 12.8. The average Bonchev–Trinajstić information content (AvgIpc) is 2.55. The van der Waals surface area contributed by atoms with Crippen molar-refractivity contribution in [2.45, 2.75) is 44.8 Å². The molecule has 2 aliphatic heterocycles. The summed E-state index contributed by atoms with van der Waals surface area (Å²) in [6, 6.07) is 8.49. The zero-order valence-corrected chi connectivity index (χ0v) is 13.3. The van der Waals surface area contributed by atoms with Crippen molar-refractivity contribution in [2.75, 3.05) is 19.7 Å². The van der Waals surface area contributed by atoms with E-state index in [1.54, 1.807) is 0 Å². The van der Waals surface area contributed by atoms with Crippen LogP contribution < -0.4 is 5.73 Å². The van der Waals surface area contributed by atoms with E-state index in [9.17, 15) is 4.79 Å². The van der Waals surface area contributed by atoms with Crippen molar-refractivity contribution in [3.05, 3.63) is 35.4 Å². The first-order valence-corrected chi connectivity index (χ1v) is 8.39. The number of ether oxygens (including phenoxy) is 1. The summed E-state index contributed by atoms with van der Waals surface area (Å²) < 4.78 is 5.88. The van der Waals surface area contributed by atoms with Gasteiger partial charge >= 0.3 is 0 Å². The summed E-state index contributed by atoms with van der Waals surface area (Å²) in [5.41, 5.74) is 8.40. The second-order valence-corrected chi connectivity index (χ2v) is 6.52. The molecule has 0 spiro atoms.